The molecule has 24 heavy (non-hydrogen) atoms. The highest BCUT2D eigenvalue weighted by molar-refractivity contribution is 6.10. The molecule has 2 aliphatic rings. The minimum atomic E-state index is -0.693. The monoisotopic (exact) mass is 330 g/mol. The van der Waals surface area contributed by atoms with E-state index in [-0.39, 0.29) is 30.2 Å². The second kappa shape index (κ2) is 6.24. The Morgan fingerprint density at radius 2 is 1.96 bits per heavy atom. The molecule has 1 aromatic carbocycles. The Balaban J connectivity index is 1.84. The smallest absolute Gasteiger partial charge is 0.256 e. The number of hydrogen-bond acceptors (Lipinski definition) is 4. The molecule has 0 aromatic heterocycles. The van der Waals surface area contributed by atoms with Crippen molar-refractivity contribution in [3.63, 3.8) is 0 Å². The van der Waals surface area contributed by atoms with Crippen molar-refractivity contribution >= 4 is 23.4 Å². The molecule has 1 saturated heterocycles. The first-order chi connectivity index (χ1) is 11.4. The molecular weight excluding hydrogens is 308 g/mol. The molecule has 2 atom stereocenters. The van der Waals surface area contributed by atoms with Crippen molar-refractivity contribution in [2.75, 3.05) is 25.0 Å². The number of carbonyl (C=O) groups is 3. The van der Waals surface area contributed by atoms with Crippen molar-refractivity contribution < 1.29 is 14.4 Å². The number of piperazine rings is 1. The number of para-hydroxylation sites is 1. The third-order valence-corrected chi connectivity index (χ3v) is 4.67. The molecule has 7 heteroatoms. The SMILES string of the molecule is CC(C)C(N)C(=O)N1CCN2C(=O)c3ccccc3NC(=O)C2C1. The molecule has 0 aliphatic carbocycles. The molecule has 1 aromatic rings. The number of fused-ring (bicyclic) bond motifs is 2. The third-order valence-electron chi connectivity index (χ3n) is 4.67. The highest BCUT2D eigenvalue weighted by atomic mass is 16.2. The number of amides is 3. The average Bonchev–Trinajstić information content (AvgIpc) is 2.69. The van der Waals surface area contributed by atoms with Crippen molar-refractivity contribution in [3.05, 3.63) is 29.8 Å². The van der Waals surface area contributed by atoms with Gasteiger partial charge in [0.25, 0.3) is 5.91 Å². The van der Waals surface area contributed by atoms with Crippen LogP contribution >= 0.6 is 0 Å². The molecular formula is C17H22N4O3. The summed E-state index contributed by atoms with van der Waals surface area (Å²) >= 11 is 0. The van der Waals surface area contributed by atoms with Crippen LogP contribution in [-0.2, 0) is 9.59 Å². The van der Waals surface area contributed by atoms with Gasteiger partial charge in [-0.25, -0.2) is 0 Å². The summed E-state index contributed by atoms with van der Waals surface area (Å²) in [4.78, 5) is 40.9. The molecule has 0 radical (unpaired) electrons. The average molecular weight is 330 g/mol. The third kappa shape index (κ3) is 2.75. The molecule has 7 nitrogen and oxygen atoms in total. The summed E-state index contributed by atoms with van der Waals surface area (Å²) in [6.07, 6.45) is 0. The van der Waals surface area contributed by atoms with Gasteiger partial charge in [-0.2, -0.15) is 0 Å². The molecule has 0 bridgehead atoms. The Morgan fingerprint density at radius 1 is 1.25 bits per heavy atom. The summed E-state index contributed by atoms with van der Waals surface area (Å²) < 4.78 is 0. The largest absolute Gasteiger partial charge is 0.337 e. The van der Waals surface area contributed by atoms with Gasteiger partial charge in [0, 0.05) is 13.1 Å². The molecule has 3 rings (SSSR count). The van der Waals surface area contributed by atoms with Gasteiger partial charge < -0.3 is 20.9 Å². The van der Waals surface area contributed by atoms with Gasteiger partial charge in [-0.1, -0.05) is 26.0 Å². The van der Waals surface area contributed by atoms with Crippen LogP contribution < -0.4 is 11.1 Å². The number of rotatable bonds is 2. The number of carbonyl (C=O) groups excluding carboxylic acids is 3. The molecule has 2 heterocycles. The standard InChI is InChI=1S/C17H22N4O3/c1-10(2)14(18)17(24)20-7-8-21-13(9-20)15(22)19-12-6-4-3-5-11(12)16(21)23/h3-6,10,13-14H,7-9,18H2,1-2H3,(H,19,22). The number of nitrogens with two attached hydrogens (primary N) is 1. The zero-order valence-corrected chi connectivity index (χ0v) is 13.9. The predicted octanol–water partition coefficient (Wildman–Crippen LogP) is 0.275. The number of benzene rings is 1. The summed E-state index contributed by atoms with van der Waals surface area (Å²) in [5.41, 5.74) is 6.94. The van der Waals surface area contributed by atoms with E-state index in [9.17, 15) is 14.4 Å². The van der Waals surface area contributed by atoms with E-state index in [0.29, 0.717) is 24.3 Å². The van der Waals surface area contributed by atoms with Crippen LogP contribution in [0.4, 0.5) is 5.69 Å². The maximum Gasteiger partial charge on any atom is 0.256 e. The fourth-order valence-corrected chi connectivity index (χ4v) is 3.10. The molecule has 3 amide bonds. The Bertz CT molecular complexity index is 688. The van der Waals surface area contributed by atoms with Gasteiger partial charge in [0.15, 0.2) is 0 Å². The van der Waals surface area contributed by atoms with Crippen molar-refractivity contribution in [3.8, 4) is 0 Å². The summed E-state index contributed by atoms with van der Waals surface area (Å²) in [5.74, 6) is -0.617. The van der Waals surface area contributed by atoms with Crippen molar-refractivity contribution in [1.82, 2.24) is 9.80 Å². The van der Waals surface area contributed by atoms with E-state index < -0.39 is 12.1 Å². The zero-order valence-electron chi connectivity index (χ0n) is 13.9. The fourth-order valence-electron chi connectivity index (χ4n) is 3.10. The normalized spacial score (nSPS) is 21.8. The van der Waals surface area contributed by atoms with E-state index in [4.69, 9.17) is 5.73 Å². The van der Waals surface area contributed by atoms with Crippen LogP contribution in [0.1, 0.15) is 24.2 Å². The lowest BCUT2D eigenvalue weighted by molar-refractivity contribution is -0.137. The maximum atomic E-state index is 12.7. The highest BCUT2D eigenvalue weighted by Crippen LogP contribution is 2.25. The van der Waals surface area contributed by atoms with E-state index in [1.54, 1.807) is 34.1 Å². The second-order valence-electron chi connectivity index (χ2n) is 6.60. The van der Waals surface area contributed by atoms with Crippen molar-refractivity contribution in [1.29, 1.82) is 0 Å². The zero-order chi connectivity index (χ0) is 17.4. The highest BCUT2D eigenvalue weighted by Gasteiger charge is 2.41. The van der Waals surface area contributed by atoms with Gasteiger partial charge >= 0.3 is 0 Å². The van der Waals surface area contributed by atoms with Gasteiger partial charge in [-0.3, -0.25) is 14.4 Å². The van der Waals surface area contributed by atoms with E-state index in [0.717, 1.165) is 0 Å². The second-order valence-corrected chi connectivity index (χ2v) is 6.60. The number of anilines is 1. The van der Waals surface area contributed by atoms with Crippen LogP contribution in [0.2, 0.25) is 0 Å². The van der Waals surface area contributed by atoms with Gasteiger partial charge in [-0.05, 0) is 18.1 Å². The van der Waals surface area contributed by atoms with Crippen LogP contribution in [0.25, 0.3) is 0 Å². The van der Waals surface area contributed by atoms with Crippen LogP contribution in [-0.4, -0.2) is 59.2 Å². The summed E-state index contributed by atoms with van der Waals surface area (Å²) in [6.45, 7) is 4.65. The van der Waals surface area contributed by atoms with Crippen LogP contribution in [0.5, 0.6) is 0 Å². The van der Waals surface area contributed by atoms with E-state index >= 15 is 0 Å². The van der Waals surface area contributed by atoms with Gasteiger partial charge in [0.1, 0.15) is 6.04 Å². The molecule has 2 unspecified atom stereocenters. The van der Waals surface area contributed by atoms with E-state index in [1.165, 1.54) is 0 Å². The fraction of sp³-hybridized carbons (Fsp3) is 0.471. The Morgan fingerprint density at radius 3 is 2.67 bits per heavy atom. The number of hydrogen-bond donors (Lipinski definition) is 2. The predicted molar refractivity (Wildman–Crippen MR) is 89.3 cm³/mol. The van der Waals surface area contributed by atoms with Crippen LogP contribution in [0.15, 0.2) is 24.3 Å². The number of nitrogens with zero attached hydrogens (tertiary/aromatic N) is 2. The Hall–Kier alpha value is -2.41. The van der Waals surface area contributed by atoms with Gasteiger partial charge in [0.05, 0.1) is 23.8 Å². The molecule has 2 aliphatic heterocycles. The topological polar surface area (TPSA) is 95.7 Å². The minimum absolute atomic E-state index is 0.0179. The molecule has 128 valence electrons. The summed E-state index contributed by atoms with van der Waals surface area (Å²) in [7, 11) is 0. The summed E-state index contributed by atoms with van der Waals surface area (Å²) in [5, 5.41) is 2.79. The van der Waals surface area contributed by atoms with Gasteiger partial charge in [-0.15, -0.1) is 0 Å². The quantitative estimate of drug-likeness (QED) is 0.814. The Kier molecular flexibility index (Phi) is 4.28. The molecule has 1 fully saturated rings. The lowest BCUT2D eigenvalue weighted by Crippen LogP contribution is -2.61. The maximum absolute atomic E-state index is 12.7. The Labute approximate surface area is 140 Å². The minimum Gasteiger partial charge on any atom is -0.337 e. The molecule has 0 saturated carbocycles. The van der Waals surface area contributed by atoms with Crippen LogP contribution in [0, 0.1) is 5.92 Å². The lowest BCUT2D eigenvalue weighted by atomic mass is 10.0. The van der Waals surface area contributed by atoms with Crippen molar-refractivity contribution in [2.24, 2.45) is 11.7 Å². The van der Waals surface area contributed by atoms with E-state index in [1.807, 2.05) is 13.8 Å². The first-order valence-corrected chi connectivity index (χ1v) is 8.15. The first kappa shape index (κ1) is 16.4. The lowest BCUT2D eigenvalue weighted by Gasteiger charge is -2.40. The molecule has 3 N–H and O–H groups in total. The molecule has 0 spiro atoms. The first-order valence-electron chi connectivity index (χ1n) is 8.15. The van der Waals surface area contributed by atoms with E-state index in [2.05, 4.69) is 5.32 Å². The summed E-state index contributed by atoms with van der Waals surface area (Å²) in [6, 6.07) is 5.66. The number of nitrogens with one attached hydrogen (secondary N) is 1. The van der Waals surface area contributed by atoms with Crippen molar-refractivity contribution in [2.45, 2.75) is 25.9 Å². The van der Waals surface area contributed by atoms with Gasteiger partial charge in [0.2, 0.25) is 11.8 Å². The van der Waals surface area contributed by atoms with Crippen LogP contribution in [0.3, 0.4) is 0 Å².